The highest BCUT2D eigenvalue weighted by atomic mass is 32.2. The fourth-order valence-electron chi connectivity index (χ4n) is 2.64. The van der Waals surface area contributed by atoms with Gasteiger partial charge in [0.1, 0.15) is 6.04 Å². The molecular weight excluding hydrogens is 416 g/mol. The third kappa shape index (κ3) is 10.3. The number of thioether (sulfide) groups is 1. The predicted molar refractivity (Wildman–Crippen MR) is 110 cm³/mol. The smallest absolute Gasteiger partial charge is 0.370 e. The molecular formula is C19H32N2O8S. The van der Waals surface area contributed by atoms with Crippen molar-refractivity contribution in [3.05, 3.63) is 0 Å². The fourth-order valence-corrected chi connectivity index (χ4v) is 3.45. The van der Waals surface area contributed by atoms with Crippen LogP contribution in [0.3, 0.4) is 0 Å². The number of esters is 2. The van der Waals surface area contributed by atoms with E-state index >= 15 is 0 Å². The number of ether oxygens (including phenoxy) is 4. The highest BCUT2D eigenvalue weighted by Gasteiger charge is 2.40. The maximum Gasteiger partial charge on any atom is 0.370 e. The third-order valence-electron chi connectivity index (χ3n) is 4.28. The summed E-state index contributed by atoms with van der Waals surface area (Å²) in [5.41, 5.74) is 0. The van der Waals surface area contributed by atoms with Gasteiger partial charge >= 0.3 is 17.2 Å². The molecule has 1 heterocycles. The Hall–Kier alpha value is -1.85. The van der Waals surface area contributed by atoms with Crippen molar-refractivity contribution in [1.82, 2.24) is 10.2 Å². The first-order valence-electron chi connectivity index (χ1n) is 9.91. The Morgan fingerprint density at radius 2 is 1.80 bits per heavy atom. The Morgan fingerprint density at radius 1 is 1.13 bits per heavy atom. The molecule has 1 rings (SSSR count). The standard InChI is InChI=1S/C19H32N2O8S/c1-5-15(23)28-13-29-18(25)30-19(3,4)16(20-14(2)22)17(24)27-10-6-7-21-8-11-26-12-9-21/h16H,5-13H2,1-4H3,(H,20,22). The largest absolute Gasteiger partial charge is 0.464 e. The van der Waals surface area contributed by atoms with Gasteiger partial charge in [0.2, 0.25) is 12.7 Å². The second-order valence-electron chi connectivity index (χ2n) is 7.20. The van der Waals surface area contributed by atoms with Gasteiger partial charge in [-0.1, -0.05) is 6.92 Å². The van der Waals surface area contributed by atoms with E-state index in [1.807, 2.05) is 0 Å². The van der Waals surface area contributed by atoms with Crippen molar-refractivity contribution in [3.8, 4) is 0 Å². The number of carbonyl (C=O) groups excluding carboxylic acids is 4. The van der Waals surface area contributed by atoms with Gasteiger partial charge in [0.15, 0.2) is 0 Å². The van der Waals surface area contributed by atoms with Gasteiger partial charge in [0.05, 0.1) is 24.6 Å². The summed E-state index contributed by atoms with van der Waals surface area (Å²) in [4.78, 5) is 49.5. The lowest BCUT2D eigenvalue weighted by Crippen LogP contribution is -2.53. The summed E-state index contributed by atoms with van der Waals surface area (Å²) in [5, 5.41) is 1.81. The molecule has 0 aromatic carbocycles. The molecule has 1 aliphatic heterocycles. The van der Waals surface area contributed by atoms with E-state index in [0.717, 1.165) is 19.6 Å². The molecule has 30 heavy (non-hydrogen) atoms. The number of nitrogens with one attached hydrogen (secondary N) is 1. The number of amides is 1. The molecule has 172 valence electrons. The van der Waals surface area contributed by atoms with E-state index in [1.165, 1.54) is 6.92 Å². The molecule has 0 saturated carbocycles. The maximum atomic E-state index is 12.6. The van der Waals surface area contributed by atoms with Gasteiger partial charge in [-0.2, -0.15) is 0 Å². The van der Waals surface area contributed by atoms with Gasteiger partial charge < -0.3 is 24.3 Å². The molecule has 1 fully saturated rings. The van der Waals surface area contributed by atoms with Crippen LogP contribution in [-0.4, -0.2) is 85.1 Å². The third-order valence-corrected chi connectivity index (χ3v) is 5.32. The van der Waals surface area contributed by atoms with Crippen LogP contribution in [0.1, 0.15) is 40.5 Å². The minimum atomic E-state index is -1.06. The summed E-state index contributed by atoms with van der Waals surface area (Å²) in [6, 6.07) is -1.06. The van der Waals surface area contributed by atoms with E-state index in [2.05, 4.69) is 10.2 Å². The maximum absolute atomic E-state index is 12.6. The number of morpholine rings is 1. The first-order chi connectivity index (χ1) is 14.2. The topological polar surface area (TPSA) is 120 Å². The van der Waals surface area contributed by atoms with Gasteiger partial charge in [-0.05, 0) is 32.0 Å². The zero-order valence-electron chi connectivity index (χ0n) is 18.1. The molecule has 0 aliphatic carbocycles. The highest BCUT2D eigenvalue weighted by Crippen LogP contribution is 2.30. The minimum Gasteiger partial charge on any atom is -0.464 e. The van der Waals surface area contributed by atoms with Crippen LogP contribution in [0.5, 0.6) is 0 Å². The fraction of sp³-hybridized carbons (Fsp3) is 0.789. The average Bonchev–Trinajstić information content (AvgIpc) is 2.69. The second-order valence-corrected chi connectivity index (χ2v) is 8.79. The van der Waals surface area contributed by atoms with Crippen LogP contribution >= 0.6 is 11.8 Å². The number of carbonyl (C=O) groups is 4. The van der Waals surface area contributed by atoms with Gasteiger partial charge in [0.25, 0.3) is 0 Å². The molecule has 11 heteroatoms. The zero-order valence-corrected chi connectivity index (χ0v) is 18.9. The summed E-state index contributed by atoms with van der Waals surface area (Å²) in [7, 11) is 0. The molecule has 10 nitrogen and oxygen atoms in total. The Labute approximate surface area is 181 Å². The van der Waals surface area contributed by atoms with E-state index in [-0.39, 0.29) is 13.0 Å². The van der Waals surface area contributed by atoms with Crippen LogP contribution in [0.25, 0.3) is 0 Å². The molecule has 1 atom stereocenters. The molecule has 1 saturated heterocycles. The van der Waals surface area contributed by atoms with Crippen molar-refractivity contribution in [1.29, 1.82) is 0 Å². The Balaban J connectivity index is 2.52. The number of hydrogen-bond donors (Lipinski definition) is 1. The zero-order chi connectivity index (χ0) is 22.6. The second kappa shape index (κ2) is 13.5. The molecule has 1 unspecified atom stereocenters. The van der Waals surface area contributed by atoms with Crippen molar-refractivity contribution < 1.29 is 38.1 Å². The highest BCUT2D eigenvalue weighted by molar-refractivity contribution is 8.14. The quantitative estimate of drug-likeness (QED) is 0.281. The van der Waals surface area contributed by atoms with Crippen LogP contribution in [0.2, 0.25) is 0 Å². The normalized spacial score (nSPS) is 15.7. The Bertz CT molecular complexity index is 593. The Morgan fingerprint density at radius 3 is 2.40 bits per heavy atom. The lowest BCUT2D eigenvalue weighted by molar-refractivity contribution is -0.151. The molecule has 0 bridgehead atoms. The van der Waals surface area contributed by atoms with Gasteiger partial charge in [0, 0.05) is 33.0 Å². The van der Waals surface area contributed by atoms with Crippen LogP contribution < -0.4 is 5.32 Å². The average molecular weight is 449 g/mol. The molecule has 0 aromatic heterocycles. The lowest BCUT2D eigenvalue weighted by Gasteiger charge is -2.31. The van der Waals surface area contributed by atoms with E-state index in [0.29, 0.717) is 31.4 Å². The van der Waals surface area contributed by atoms with Crippen LogP contribution in [0, 0.1) is 0 Å². The van der Waals surface area contributed by atoms with Crippen molar-refractivity contribution in [3.63, 3.8) is 0 Å². The summed E-state index contributed by atoms with van der Waals surface area (Å²) in [6.45, 7) is 9.70. The van der Waals surface area contributed by atoms with E-state index in [9.17, 15) is 19.2 Å². The van der Waals surface area contributed by atoms with Crippen molar-refractivity contribution in [2.45, 2.75) is 51.3 Å². The first kappa shape index (κ1) is 26.2. The molecule has 1 N–H and O–H groups in total. The molecule has 0 aromatic rings. The molecule has 1 aliphatic rings. The minimum absolute atomic E-state index is 0.165. The molecule has 0 radical (unpaired) electrons. The van der Waals surface area contributed by atoms with Gasteiger partial charge in [-0.25, -0.2) is 9.59 Å². The van der Waals surface area contributed by atoms with E-state index < -0.39 is 40.7 Å². The molecule has 0 spiro atoms. The number of rotatable bonds is 11. The van der Waals surface area contributed by atoms with E-state index in [4.69, 9.17) is 18.9 Å². The molecule has 1 amide bonds. The van der Waals surface area contributed by atoms with Crippen molar-refractivity contribution in [2.24, 2.45) is 0 Å². The summed E-state index contributed by atoms with van der Waals surface area (Å²) >= 11 is 0.711. The van der Waals surface area contributed by atoms with Crippen LogP contribution in [0.4, 0.5) is 4.79 Å². The van der Waals surface area contributed by atoms with Crippen LogP contribution in [0.15, 0.2) is 0 Å². The summed E-state index contributed by atoms with van der Waals surface area (Å²) < 4.78 is 19.1. The Kier molecular flexibility index (Phi) is 11.7. The monoisotopic (exact) mass is 448 g/mol. The number of nitrogens with zero attached hydrogens (tertiary/aromatic N) is 1. The van der Waals surface area contributed by atoms with Crippen LogP contribution in [-0.2, 0) is 33.3 Å². The van der Waals surface area contributed by atoms with Gasteiger partial charge in [-0.15, -0.1) is 0 Å². The number of hydrogen-bond acceptors (Lipinski definition) is 10. The SMILES string of the molecule is CCC(=O)OCOC(=O)SC(C)(C)C(NC(C)=O)C(=O)OCCCN1CCOCC1. The summed E-state index contributed by atoms with van der Waals surface area (Å²) in [6.07, 6.45) is 0.815. The summed E-state index contributed by atoms with van der Waals surface area (Å²) in [5.74, 6) is -1.55. The first-order valence-corrected chi connectivity index (χ1v) is 10.7. The van der Waals surface area contributed by atoms with Crippen molar-refractivity contribution in [2.75, 3.05) is 46.2 Å². The van der Waals surface area contributed by atoms with E-state index in [1.54, 1.807) is 20.8 Å². The predicted octanol–water partition coefficient (Wildman–Crippen LogP) is 1.32. The lowest BCUT2D eigenvalue weighted by atomic mass is 10.0. The van der Waals surface area contributed by atoms with Gasteiger partial charge in [-0.3, -0.25) is 14.5 Å². The van der Waals surface area contributed by atoms with Crippen molar-refractivity contribution >= 4 is 34.9 Å².